The second-order valence-corrected chi connectivity index (χ2v) is 4.86. The third-order valence-corrected chi connectivity index (χ3v) is 2.97. The molecule has 0 aliphatic rings. The van der Waals surface area contributed by atoms with Crippen molar-refractivity contribution in [1.29, 1.82) is 0 Å². The fourth-order valence-electron chi connectivity index (χ4n) is 2.09. The van der Waals surface area contributed by atoms with Gasteiger partial charge >= 0.3 is 0 Å². The molecule has 106 valence electrons. The van der Waals surface area contributed by atoms with Gasteiger partial charge in [0.05, 0.1) is 12.1 Å². The fraction of sp³-hybridized carbons (Fsp3) is 0.250. The molecule has 0 aliphatic carbocycles. The molecule has 1 atom stereocenters. The van der Waals surface area contributed by atoms with Crippen molar-refractivity contribution in [1.82, 2.24) is 5.43 Å². The van der Waals surface area contributed by atoms with Crippen molar-refractivity contribution in [2.24, 2.45) is 5.84 Å². The molecule has 0 aliphatic heterocycles. The molecule has 1 unspecified atom stereocenters. The first kappa shape index (κ1) is 14.5. The number of hydrogen-bond donors (Lipinski definition) is 2. The molecule has 0 spiro atoms. The molecule has 0 saturated heterocycles. The quantitative estimate of drug-likeness (QED) is 0.650. The topological polar surface area (TPSA) is 47.3 Å². The Bertz CT molecular complexity index is 555. The van der Waals surface area contributed by atoms with Gasteiger partial charge in [0.15, 0.2) is 0 Å². The summed E-state index contributed by atoms with van der Waals surface area (Å²) in [6.45, 7) is 3.94. The third-order valence-electron chi connectivity index (χ3n) is 2.97. The molecular formula is C16H19FN2O. The Morgan fingerprint density at radius 2 is 1.70 bits per heavy atom. The first-order valence-corrected chi connectivity index (χ1v) is 6.59. The molecule has 2 aromatic carbocycles. The van der Waals surface area contributed by atoms with Crippen molar-refractivity contribution in [3.63, 3.8) is 0 Å². The van der Waals surface area contributed by atoms with E-state index in [1.165, 1.54) is 6.07 Å². The Labute approximate surface area is 118 Å². The lowest BCUT2D eigenvalue weighted by molar-refractivity contribution is 0.242. The van der Waals surface area contributed by atoms with Crippen LogP contribution in [0.2, 0.25) is 0 Å². The third kappa shape index (κ3) is 3.35. The van der Waals surface area contributed by atoms with E-state index in [2.05, 4.69) is 5.43 Å². The minimum absolute atomic E-state index is 0.121. The predicted molar refractivity (Wildman–Crippen MR) is 77.8 cm³/mol. The first-order chi connectivity index (χ1) is 9.61. The molecule has 20 heavy (non-hydrogen) atoms. The van der Waals surface area contributed by atoms with Crippen LogP contribution in [0.4, 0.5) is 4.39 Å². The highest BCUT2D eigenvalue weighted by atomic mass is 19.1. The largest absolute Gasteiger partial charge is 0.491 e. The Balaban J connectivity index is 2.26. The van der Waals surface area contributed by atoms with Gasteiger partial charge in [0.1, 0.15) is 11.6 Å². The van der Waals surface area contributed by atoms with Crippen LogP contribution in [-0.2, 0) is 0 Å². The molecule has 2 aromatic rings. The lowest BCUT2D eigenvalue weighted by atomic mass is 9.99. The van der Waals surface area contributed by atoms with Gasteiger partial charge in [-0.05, 0) is 37.6 Å². The van der Waals surface area contributed by atoms with Crippen LogP contribution in [0.3, 0.4) is 0 Å². The smallest absolute Gasteiger partial charge is 0.128 e. The van der Waals surface area contributed by atoms with E-state index in [9.17, 15) is 4.39 Å². The highest BCUT2D eigenvalue weighted by Crippen LogP contribution is 2.25. The van der Waals surface area contributed by atoms with Crippen LogP contribution in [0.5, 0.6) is 5.75 Å². The van der Waals surface area contributed by atoms with Gasteiger partial charge in [-0.15, -0.1) is 0 Å². The monoisotopic (exact) mass is 274 g/mol. The van der Waals surface area contributed by atoms with Gasteiger partial charge in [0.25, 0.3) is 0 Å². The maximum atomic E-state index is 13.8. The molecule has 0 radical (unpaired) electrons. The minimum Gasteiger partial charge on any atom is -0.491 e. The van der Waals surface area contributed by atoms with E-state index in [0.29, 0.717) is 5.56 Å². The predicted octanol–water partition coefficient (Wildman–Crippen LogP) is 3.17. The molecule has 0 amide bonds. The Kier molecular flexibility index (Phi) is 4.71. The molecule has 0 aromatic heterocycles. The van der Waals surface area contributed by atoms with E-state index in [4.69, 9.17) is 10.6 Å². The maximum absolute atomic E-state index is 13.8. The number of rotatable bonds is 5. The second-order valence-electron chi connectivity index (χ2n) is 4.86. The van der Waals surface area contributed by atoms with Gasteiger partial charge < -0.3 is 4.74 Å². The summed E-state index contributed by atoms with van der Waals surface area (Å²) in [4.78, 5) is 0. The van der Waals surface area contributed by atoms with Crippen molar-refractivity contribution in [2.75, 3.05) is 0 Å². The standard InChI is InChI=1S/C16H19FN2O/c1-11(2)20-13-9-7-12(8-10-13)16(19-18)14-5-3-4-6-15(14)17/h3-11,16,19H,18H2,1-2H3. The number of halogens is 1. The second kappa shape index (κ2) is 6.50. The van der Waals surface area contributed by atoms with Gasteiger partial charge in [0.2, 0.25) is 0 Å². The summed E-state index contributed by atoms with van der Waals surface area (Å²) in [6.07, 6.45) is 0.121. The number of ether oxygens (including phenoxy) is 1. The van der Waals surface area contributed by atoms with Crippen molar-refractivity contribution >= 4 is 0 Å². The number of nitrogens with two attached hydrogens (primary N) is 1. The van der Waals surface area contributed by atoms with Crippen LogP contribution in [-0.4, -0.2) is 6.10 Å². The van der Waals surface area contributed by atoms with Crippen molar-refractivity contribution in [3.8, 4) is 5.75 Å². The van der Waals surface area contributed by atoms with E-state index in [1.807, 2.05) is 38.1 Å². The maximum Gasteiger partial charge on any atom is 0.128 e. The average Bonchev–Trinajstić information content (AvgIpc) is 2.43. The zero-order chi connectivity index (χ0) is 14.5. The van der Waals surface area contributed by atoms with E-state index in [1.54, 1.807) is 18.2 Å². The SMILES string of the molecule is CC(C)Oc1ccc(C(NN)c2ccccc2F)cc1. The van der Waals surface area contributed by atoms with Crippen molar-refractivity contribution in [2.45, 2.75) is 26.0 Å². The summed E-state index contributed by atoms with van der Waals surface area (Å²) in [7, 11) is 0. The van der Waals surface area contributed by atoms with Crippen LogP contribution in [0.25, 0.3) is 0 Å². The highest BCUT2D eigenvalue weighted by Gasteiger charge is 2.16. The van der Waals surface area contributed by atoms with E-state index in [0.717, 1.165) is 11.3 Å². The molecule has 0 heterocycles. The lowest BCUT2D eigenvalue weighted by Crippen LogP contribution is -2.29. The summed E-state index contributed by atoms with van der Waals surface area (Å²) in [5.74, 6) is 6.08. The van der Waals surface area contributed by atoms with Gasteiger partial charge in [0, 0.05) is 5.56 Å². The molecule has 2 rings (SSSR count). The Morgan fingerprint density at radius 1 is 1.05 bits per heavy atom. The molecule has 4 heteroatoms. The van der Waals surface area contributed by atoms with Gasteiger partial charge in [-0.3, -0.25) is 5.84 Å². The van der Waals surface area contributed by atoms with Crippen LogP contribution < -0.4 is 16.0 Å². The zero-order valence-corrected chi connectivity index (χ0v) is 11.6. The lowest BCUT2D eigenvalue weighted by Gasteiger charge is -2.18. The first-order valence-electron chi connectivity index (χ1n) is 6.59. The van der Waals surface area contributed by atoms with Gasteiger partial charge in [-0.2, -0.15) is 0 Å². The van der Waals surface area contributed by atoms with Crippen molar-refractivity contribution < 1.29 is 9.13 Å². The Hall–Kier alpha value is -1.91. The molecule has 0 fully saturated rings. The van der Waals surface area contributed by atoms with E-state index in [-0.39, 0.29) is 18.0 Å². The van der Waals surface area contributed by atoms with Crippen molar-refractivity contribution in [3.05, 3.63) is 65.5 Å². The molecular weight excluding hydrogens is 255 g/mol. The van der Waals surface area contributed by atoms with E-state index < -0.39 is 0 Å². The molecule has 3 N–H and O–H groups in total. The van der Waals surface area contributed by atoms with Crippen LogP contribution in [0.15, 0.2) is 48.5 Å². The van der Waals surface area contributed by atoms with E-state index >= 15 is 0 Å². The number of hydrogen-bond acceptors (Lipinski definition) is 3. The summed E-state index contributed by atoms with van der Waals surface area (Å²) >= 11 is 0. The van der Waals surface area contributed by atoms with Crippen LogP contribution >= 0.6 is 0 Å². The Morgan fingerprint density at radius 3 is 2.25 bits per heavy atom. The average molecular weight is 274 g/mol. The number of nitrogens with one attached hydrogen (secondary N) is 1. The fourth-order valence-corrected chi connectivity index (χ4v) is 2.09. The zero-order valence-electron chi connectivity index (χ0n) is 11.6. The highest BCUT2D eigenvalue weighted by molar-refractivity contribution is 5.36. The summed E-state index contributed by atoms with van der Waals surface area (Å²) in [5.41, 5.74) is 4.06. The summed E-state index contributed by atoms with van der Waals surface area (Å²) in [6, 6.07) is 13.7. The van der Waals surface area contributed by atoms with Crippen LogP contribution in [0, 0.1) is 5.82 Å². The number of benzene rings is 2. The minimum atomic E-state index is -0.385. The van der Waals surface area contributed by atoms with Gasteiger partial charge in [-0.25, -0.2) is 9.82 Å². The normalized spacial score (nSPS) is 12.4. The van der Waals surface area contributed by atoms with Crippen LogP contribution in [0.1, 0.15) is 31.0 Å². The molecule has 0 bridgehead atoms. The number of hydrazine groups is 1. The van der Waals surface area contributed by atoms with Gasteiger partial charge in [-0.1, -0.05) is 30.3 Å². The molecule has 3 nitrogen and oxygen atoms in total. The summed E-state index contributed by atoms with van der Waals surface area (Å²) < 4.78 is 19.4. The summed E-state index contributed by atoms with van der Waals surface area (Å²) in [5, 5.41) is 0. The molecule has 0 saturated carbocycles.